The van der Waals surface area contributed by atoms with Crippen LogP contribution in [-0.2, 0) is 20.4 Å². The summed E-state index contributed by atoms with van der Waals surface area (Å²) >= 11 is 8.03. The third-order valence-corrected chi connectivity index (χ3v) is 9.63. The molecule has 0 saturated heterocycles. The summed E-state index contributed by atoms with van der Waals surface area (Å²) in [6.45, 7) is 16.8. The van der Waals surface area contributed by atoms with Gasteiger partial charge in [0.25, 0.3) is 0 Å². The predicted octanol–water partition coefficient (Wildman–Crippen LogP) is 10.0. The first-order valence-corrected chi connectivity index (χ1v) is 16.7. The molecular weight excluding hydrogens is 553 g/mol. The van der Waals surface area contributed by atoms with Crippen LogP contribution >= 0.6 is 25.3 Å². The Morgan fingerprint density at radius 1 is 0.525 bits per heavy atom. The molecule has 0 bridgehead atoms. The van der Waals surface area contributed by atoms with E-state index >= 15 is 0 Å². The van der Waals surface area contributed by atoms with Crippen molar-refractivity contribution in [3.05, 3.63) is 69.9 Å². The number of allylic oxidation sites excluding steroid dienone is 12. The second kappa shape index (κ2) is 22.3. The summed E-state index contributed by atoms with van der Waals surface area (Å²) in [4.78, 5) is 24.6. The first-order valence-electron chi connectivity index (χ1n) is 14.5. The maximum atomic E-state index is 13.3. The first-order chi connectivity index (χ1) is 18.7. The van der Waals surface area contributed by atoms with E-state index < -0.39 is 31.5 Å². The van der Waals surface area contributed by atoms with E-state index in [1.165, 1.54) is 22.3 Å². The van der Waals surface area contributed by atoms with Gasteiger partial charge in [-0.25, -0.2) is 0 Å². The zero-order valence-electron chi connectivity index (χ0n) is 26.2. The van der Waals surface area contributed by atoms with Crippen LogP contribution in [0.15, 0.2) is 69.9 Å². The highest BCUT2D eigenvalue weighted by atomic mass is 32.2. The van der Waals surface area contributed by atoms with Gasteiger partial charge in [0.15, 0.2) is 0 Å². The molecule has 0 fully saturated rings. The molecule has 0 heterocycles. The monoisotopic (exact) mass is 606 g/mol. The average molecular weight is 607 g/mol. The van der Waals surface area contributed by atoms with E-state index in [1.807, 2.05) is 26.0 Å². The Labute approximate surface area is 259 Å². The van der Waals surface area contributed by atoms with Gasteiger partial charge in [-0.15, -0.1) is 25.3 Å². The summed E-state index contributed by atoms with van der Waals surface area (Å²) in [7, 11) is -1.71. The lowest BCUT2D eigenvalue weighted by molar-refractivity contribution is -0.110. The molecule has 0 radical (unpaired) electrons. The van der Waals surface area contributed by atoms with Gasteiger partial charge in [0.1, 0.15) is 10.5 Å². The molecule has 226 valence electrons. The summed E-state index contributed by atoms with van der Waals surface area (Å²) in [5.74, 6) is 0. The van der Waals surface area contributed by atoms with E-state index in [4.69, 9.17) is 0 Å². The Bertz CT molecular complexity index is 937. The van der Waals surface area contributed by atoms with E-state index in [0.717, 1.165) is 62.5 Å². The minimum Gasteiger partial charge on any atom is -0.286 e. The Morgan fingerprint density at radius 2 is 0.800 bits per heavy atom. The molecular formula is C34H54O3S3. The first kappa shape index (κ1) is 38.6. The van der Waals surface area contributed by atoms with E-state index in [1.54, 1.807) is 0 Å². The molecule has 0 aliphatic heterocycles. The summed E-state index contributed by atoms with van der Waals surface area (Å²) in [5.41, 5.74) is 7.71. The van der Waals surface area contributed by atoms with Crippen molar-refractivity contribution in [2.45, 2.75) is 130 Å². The van der Waals surface area contributed by atoms with Gasteiger partial charge in [-0.05, 0) is 120 Å². The predicted molar refractivity (Wildman–Crippen MR) is 184 cm³/mol. The number of hydrogen-bond acceptors (Lipinski definition) is 3. The standard InChI is InChI=1S/C34H54O3S3/c1-25(2)13-9-15-27(5)17-11-19-29(7)21-23-31(33(35)38)40(37)32(34(36)39)24-22-30(8)20-12-18-28(6)16-10-14-26(3)4/h13-14,17-18,21-22,31-32H,9-12,15-16,19-20,23-24H2,1-8H3,(H,35,38)(H,36,39). The van der Waals surface area contributed by atoms with Gasteiger partial charge in [-0.3, -0.25) is 13.8 Å². The Hall–Kier alpha value is -1.37. The molecule has 0 saturated carbocycles. The highest BCUT2D eigenvalue weighted by molar-refractivity contribution is 8.02. The van der Waals surface area contributed by atoms with Crippen molar-refractivity contribution in [1.82, 2.24) is 0 Å². The summed E-state index contributed by atoms with van der Waals surface area (Å²) in [6, 6.07) is 0. The number of hydrogen-bond donors (Lipinski definition) is 2. The van der Waals surface area contributed by atoms with Gasteiger partial charge >= 0.3 is 0 Å². The maximum absolute atomic E-state index is 13.3. The Kier molecular flexibility index (Phi) is 21.5. The maximum Gasteiger partial charge on any atom is 0.201 e. The van der Waals surface area contributed by atoms with Crippen molar-refractivity contribution in [2.75, 3.05) is 0 Å². The topological polar surface area (TPSA) is 51.2 Å². The third-order valence-electron chi connectivity index (χ3n) is 6.72. The molecule has 6 heteroatoms. The quantitative estimate of drug-likeness (QED) is 0.107. The van der Waals surface area contributed by atoms with Crippen LogP contribution in [0.2, 0.25) is 0 Å². The zero-order valence-corrected chi connectivity index (χ0v) is 28.8. The summed E-state index contributed by atoms with van der Waals surface area (Å²) in [5, 5.41) is -2.57. The smallest absolute Gasteiger partial charge is 0.201 e. The molecule has 0 amide bonds. The van der Waals surface area contributed by atoms with Crippen molar-refractivity contribution >= 4 is 46.3 Å². The van der Waals surface area contributed by atoms with Crippen molar-refractivity contribution < 1.29 is 13.8 Å². The fourth-order valence-corrected chi connectivity index (χ4v) is 6.28. The van der Waals surface area contributed by atoms with Gasteiger partial charge in [0.05, 0.1) is 0 Å². The van der Waals surface area contributed by atoms with Crippen LogP contribution in [0.3, 0.4) is 0 Å². The van der Waals surface area contributed by atoms with Crippen molar-refractivity contribution in [1.29, 1.82) is 0 Å². The molecule has 0 rings (SSSR count). The summed E-state index contributed by atoms with van der Waals surface area (Å²) in [6.07, 6.45) is 21.4. The Morgan fingerprint density at radius 3 is 1.07 bits per heavy atom. The fourth-order valence-electron chi connectivity index (χ4n) is 4.08. The van der Waals surface area contributed by atoms with Crippen LogP contribution in [-0.4, -0.2) is 24.9 Å². The molecule has 3 nitrogen and oxygen atoms in total. The lowest BCUT2D eigenvalue weighted by Crippen LogP contribution is -2.33. The lowest BCUT2D eigenvalue weighted by atomic mass is 10.1. The van der Waals surface area contributed by atoms with Crippen molar-refractivity contribution in [2.24, 2.45) is 0 Å². The lowest BCUT2D eigenvalue weighted by Gasteiger charge is -2.18. The Balaban J connectivity index is 5.06. The number of carbonyl (C=O) groups is 2. The van der Waals surface area contributed by atoms with E-state index in [2.05, 4.69) is 91.1 Å². The molecule has 0 aromatic heterocycles. The molecule has 2 unspecified atom stereocenters. The number of thiol groups is 2. The molecule has 0 aromatic carbocycles. The van der Waals surface area contributed by atoms with Gasteiger partial charge in [-0.1, -0.05) is 69.9 Å². The van der Waals surface area contributed by atoms with Gasteiger partial charge in [0.2, 0.25) is 10.2 Å². The van der Waals surface area contributed by atoms with E-state index in [9.17, 15) is 13.8 Å². The van der Waals surface area contributed by atoms with Crippen LogP contribution in [0.1, 0.15) is 120 Å². The number of carbonyl (C=O) groups excluding carboxylic acids is 2. The van der Waals surface area contributed by atoms with Crippen LogP contribution in [0.5, 0.6) is 0 Å². The van der Waals surface area contributed by atoms with Gasteiger partial charge in [0, 0.05) is 10.8 Å². The molecule has 0 aromatic rings. The highest BCUT2D eigenvalue weighted by Crippen LogP contribution is 2.21. The fraction of sp³-hybridized carbons (Fsp3) is 0.588. The molecule has 0 aliphatic rings. The van der Waals surface area contributed by atoms with Crippen LogP contribution in [0, 0.1) is 0 Å². The van der Waals surface area contributed by atoms with Crippen molar-refractivity contribution in [3.8, 4) is 0 Å². The minimum absolute atomic E-state index is 0.307. The normalized spacial score (nSPS) is 15.3. The molecule has 0 spiro atoms. The summed E-state index contributed by atoms with van der Waals surface area (Å²) < 4.78 is 13.3. The molecule has 0 aliphatic carbocycles. The second-order valence-corrected chi connectivity index (χ2v) is 14.0. The second-order valence-electron chi connectivity index (χ2n) is 11.4. The van der Waals surface area contributed by atoms with Gasteiger partial charge in [-0.2, -0.15) is 0 Å². The van der Waals surface area contributed by atoms with Crippen molar-refractivity contribution in [3.63, 3.8) is 0 Å². The SMILES string of the molecule is CC(C)=CCCC(C)=CCCC(C)=CCC(C(=O)S)S(=O)C(CC=C(C)CCC=C(C)CCC=C(C)C)C(=O)S. The average Bonchev–Trinajstić information content (AvgIpc) is 2.83. The largest absolute Gasteiger partial charge is 0.286 e. The minimum atomic E-state index is -1.71. The van der Waals surface area contributed by atoms with Crippen LogP contribution in [0.4, 0.5) is 0 Å². The highest BCUT2D eigenvalue weighted by Gasteiger charge is 2.31. The molecule has 0 N–H and O–H groups in total. The van der Waals surface area contributed by atoms with E-state index in [-0.39, 0.29) is 0 Å². The van der Waals surface area contributed by atoms with Crippen LogP contribution in [0.25, 0.3) is 0 Å². The van der Waals surface area contributed by atoms with Gasteiger partial charge < -0.3 is 0 Å². The van der Waals surface area contributed by atoms with Crippen LogP contribution < -0.4 is 0 Å². The molecule has 2 atom stereocenters. The molecule has 40 heavy (non-hydrogen) atoms. The zero-order chi connectivity index (χ0) is 30.7. The van der Waals surface area contributed by atoms with E-state index in [0.29, 0.717) is 12.8 Å². The third kappa shape index (κ3) is 19.7. The number of rotatable bonds is 20.